The van der Waals surface area contributed by atoms with Crippen LogP contribution >= 0.6 is 0 Å². The first-order valence-electron chi connectivity index (χ1n) is 4.63. The number of primary sulfonamides is 1. The molecule has 1 aromatic rings. The molecule has 6 heteroatoms. The van der Waals surface area contributed by atoms with E-state index in [1.54, 1.807) is 12.4 Å². The summed E-state index contributed by atoms with van der Waals surface area (Å²) in [6.45, 7) is 2.29. The number of nitrogens with zero attached hydrogens (tertiary/aromatic N) is 1. The number of hydrogen-bond acceptors (Lipinski definition) is 4. The molecule has 1 rings (SSSR count). The number of rotatable bonds is 5. The van der Waals surface area contributed by atoms with Gasteiger partial charge in [0, 0.05) is 25.0 Å². The van der Waals surface area contributed by atoms with E-state index < -0.39 is 10.0 Å². The van der Waals surface area contributed by atoms with Crippen LogP contribution < -0.4 is 10.5 Å². The van der Waals surface area contributed by atoms with Crippen molar-refractivity contribution in [2.75, 3.05) is 12.3 Å². The van der Waals surface area contributed by atoms with Gasteiger partial charge in [-0.25, -0.2) is 13.6 Å². The lowest BCUT2D eigenvalue weighted by Gasteiger charge is -2.12. The number of pyridine rings is 1. The lowest BCUT2D eigenvalue weighted by atomic mass is 10.1. The first kappa shape index (κ1) is 12.1. The van der Waals surface area contributed by atoms with Crippen LogP contribution in [0.25, 0.3) is 0 Å². The Morgan fingerprint density at radius 3 is 2.87 bits per heavy atom. The van der Waals surface area contributed by atoms with Gasteiger partial charge in [0.05, 0.1) is 5.75 Å². The molecular formula is C9H15N3O2S. The summed E-state index contributed by atoms with van der Waals surface area (Å²) in [6.07, 6.45) is 3.44. The molecule has 0 saturated carbocycles. The molecule has 0 aliphatic carbocycles. The highest BCUT2D eigenvalue weighted by molar-refractivity contribution is 7.89. The Morgan fingerprint density at radius 1 is 1.60 bits per heavy atom. The van der Waals surface area contributed by atoms with Gasteiger partial charge in [-0.2, -0.15) is 0 Å². The first-order chi connectivity index (χ1) is 6.99. The van der Waals surface area contributed by atoms with Crippen molar-refractivity contribution in [3.8, 4) is 0 Å². The Morgan fingerprint density at radius 2 is 2.33 bits per heavy atom. The van der Waals surface area contributed by atoms with Gasteiger partial charge in [-0.05, 0) is 18.6 Å². The summed E-state index contributed by atoms with van der Waals surface area (Å²) in [7, 11) is -3.38. The van der Waals surface area contributed by atoms with Gasteiger partial charge in [-0.15, -0.1) is 0 Å². The van der Waals surface area contributed by atoms with E-state index in [1.807, 2.05) is 19.1 Å². The summed E-state index contributed by atoms with van der Waals surface area (Å²) in [5, 5.41) is 7.94. The van der Waals surface area contributed by atoms with Crippen molar-refractivity contribution in [3.63, 3.8) is 0 Å². The smallest absolute Gasteiger partial charge is 0.210 e. The number of aromatic nitrogens is 1. The van der Waals surface area contributed by atoms with Gasteiger partial charge < -0.3 is 5.32 Å². The Kier molecular flexibility index (Phi) is 4.19. The SMILES string of the molecule is C[C@@H](NCCS(N)(=O)=O)c1cccnc1. The fourth-order valence-corrected chi connectivity index (χ4v) is 1.57. The summed E-state index contributed by atoms with van der Waals surface area (Å²) in [5.41, 5.74) is 1.02. The van der Waals surface area contributed by atoms with E-state index in [0.717, 1.165) is 5.56 Å². The highest BCUT2D eigenvalue weighted by atomic mass is 32.2. The average Bonchev–Trinajstić information content (AvgIpc) is 2.17. The maximum atomic E-state index is 10.7. The van der Waals surface area contributed by atoms with E-state index in [4.69, 9.17) is 5.14 Å². The van der Waals surface area contributed by atoms with Crippen LogP contribution in [0, 0.1) is 0 Å². The monoisotopic (exact) mass is 229 g/mol. The van der Waals surface area contributed by atoms with Gasteiger partial charge in [0.25, 0.3) is 0 Å². The van der Waals surface area contributed by atoms with Crippen molar-refractivity contribution in [1.82, 2.24) is 10.3 Å². The normalized spacial score (nSPS) is 13.7. The van der Waals surface area contributed by atoms with Crippen molar-refractivity contribution in [1.29, 1.82) is 0 Å². The second kappa shape index (κ2) is 5.20. The Bertz CT molecular complexity index is 391. The fraction of sp³-hybridized carbons (Fsp3) is 0.444. The molecule has 1 heterocycles. The third kappa shape index (κ3) is 4.87. The minimum absolute atomic E-state index is 0.0579. The van der Waals surface area contributed by atoms with E-state index in [9.17, 15) is 8.42 Å². The molecule has 0 unspecified atom stereocenters. The summed E-state index contributed by atoms with van der Waals surface area (Å²) in [5.74, 6) is -0.0579. The van der Waals surface area contributed by atoms with Gasteiger partial charge in [-0.1, -0.05) is 6.07 Å². The molecule has 1 atom stereocenters. The van der Waals surface area contributed by atoms with Crippen LogP contribution in [0.1, 0.15) is 18.5 Å². The second-order valence-corrected chi connectivity index (χ2v) is 5.06. The van der Waals surface area contributed by atoms with Gasteiger partial charge >= 0.3 is 0 Å². The van der Waals surface area contributed by atoms with Gasteiger partial charge in [0.1, 0.15) is 0 Å². The summed E-state index contributed by atoms with van der Waals surface area (Å²) in [4.78, 5) is 3.98. The summed E-state index contributed by atoms with van der Waals surface area (Å²) in [6, 6.07) is 3.84. The zero-order valence-electron chi connectivity index (χ0n) is 8.55. The molecule has 1 aromatic heterocycles. The zero-order chi connectivity index (χ0) is 11.3. The molecule has 0 aliphatic heterocycles. The van der Waals surface area contributed by atoms with Crippen LogP contribution in [0.5, 0.6) is 0 Å². The number of sulfonamides is 1. The topological polar surface area (TPSA) is 85.1 Å². The fourth-order valence-electron chi connectivity index (χ4n) is 1.17. The van der Waals surface area contributed by atoms with Gasteiger partial charge in [0.2, 0.25) is 10.0 Å². The predicted molar refractivity (Wildman–Crippen MR) is 58.6 cm³/mol. The third-order valence-electron chi connectivity index (χ3n) is 2.02. The van der Waals surface area contributed by atoms with E-state index in [-0.39, 0.29) is 11.8 Å². The number of nitrogens with two attached hydrogens (primary N) is 1. The van der Waals surface area contributed by atoms with Crippen molar-refractivity contribution in [2.24, 2.45) is 5.14 Å². The molecule has 0 amide bonds. The molecule has 0 fully saturated rings. The summed E-state index contributed by atoms with van der Waals surface area (Å²) < 4.78 is 21.3. The maximum Gasteiger partial charge on any atom is 0.210 e. The van der Waals surface area contributed by atoms with Crippen molar-refractivity contribution in [3.05, 3.63) is 30.1 Å². The van der Waals surface area contributed by atoms with Crippen molar-refractivity contribution in [2.45, 2.75) is 13.0 Å². The van der Waals surface area contributed by atoms with E-state index in [2.05, 4.69) is 10.3 Å². The summed E-state index contributed by atoms with van der Waals surface area (Å²) >= 11 is 0. The molecule has 15 heavy (non-hydrogen) atoms. The van der Waals surface area contributed by atoms with Crippen LogP contribution in [-0.2, 0) is 10.0 Å². The Hall–Kier alpha value is -0.980. The average molecular weight is 229 g/mol. The lowest BCUT2D eigenvalue weighted by Crippen LogP contribution is -2.28. The minimum atomic E-state index is -3.38. The molecule has 84 valence electrons. The zero-order valence-corrected chi connectivity index (χ0v) is 9.37. The van der Waals surface area contributed by atoms with Crippen LogP contribution in [-0.4, -0.2) is 25.7 Å². The molecule has 0 spiro atoms. The van der Waals surface area contributed by atoms with Gasteiger partial charge in [-0.3, -0.25) is 4.98 Å². The van der Waals surface area contributed by atoms with Gasteiger partial charge in [0.15, 0.2) is 0 Å². The van der Waals surface area contributed by atoms with Crippen LogP contribution in [0.3, 0.4) is 0 Å². The molecule has 0 aromatic carbocycles. The molecule has 0 aliphatic rings. The quantitative estimate of drug-likeness (QED) is 0.745. The van der Waals surface area contributed by atoms with Crippen LogP contribution in [0.15, 0.2) is 24.5 Å². The molecule has 3 N–H and O–H groups in total. The van der Waals surface area contributed by atoms with Crippen molar-refractivity contribution < 1.29 is 8.42 Å². The predicted octanol–water partition coefficient (Wildman–Crippen LogP) is 0.0207. The first-order valence-corrected chi connectivity index (χ1v) is 6.34. The van der Waals surface area contributed by atoms with E-state index in [0.29, 0.717) is 6.54 Å². The number of hydrogen-bond donors (Lipinski definition) is 2. The highest BCUT2D eigenvalue weighted by Crippen LogP contribution is 2.08. The Labute approximate surface area is 89.8 Å². The molecule has 0 saturated heterocycles. The molecule has 0 radical (unpaired) electrons. The third-order valence-corrected chi connectivity index (χ3v) is 2.79. The molecule has 0 bridgehead atoms. The lowest BCUT2D eigenvalue weighted by molar-refractivity contribution is 0.572. The van der Waals surface area contributed by atoms with Crippen LogP contribution in [0.4, 0.5) is 0 Å². The highest BCUT2D eigenvalue weighted by Gasteiger charge is 2.06. The van der Waals surface area contributed by atoms with E-state index in [1.165, 1.54) is 0 Å². The maximum absolute atomic E-state index is 10.7. The second-order valence-electron chi connectivity index (χ2n) is 3.33. The number of nitrogens with one attached hydrogen (secondary N) is 1. The van der Waals surface area contributed by atoms with E-state index >= 15 is 0 Å². The Balaban J connectivity index is 2.41. The standard InChI is InChI=1S/C9H15N3O2S/c1-8(9-3-2-4-11-7-9)12-5-6-15(10,13)14/h2-4,7-8,12H,5-6H2,1H3,(H2,10,13,14)/t8-/m1/s1. The van der Waals surface area contributed by atoms with Crippen molar-refractivity contribution >= 4 is 10.0 Å². The largest absolute Gasteiger partial charge is 0.309 e. The minimum Gasteiger partial charge on any atom is -0.309 e. The molecular weight excluding hydrogens is 214 g/mol. The van der Waals surface area contributed by atoms with Crippen LogP contribution in [0.2, 0.25) is 0 Å². The molecule has 5 nitrogen and oxygen atoms in total.